The molecule has 2 rings (SSSR count). The molecule has 0 saturated carbocycles. The lowest BCUT2D eigenvalue weighted by atomic mass is 10.2. The zero-order valence-corrected chi connectivity index (χ0v) is 11.0. The van der Waals surface area contributed by atoms with Crippen LogP contribution in [0, 0.1) is 6.92 Å². The summed E-state index contributed by atoms with van der Waals surface area (Å²) in [4.78, 5) is 8.14. The number of aromatic nitrogens is 2. The van der Waals surface area contributed by atoms with Crippen LogP contribution in [0.3, 0.4) is 0 Å². The molecule has 17 heavy (non-hydrogen) atoms. The van der Waals surface area contributed by atoms with Gasteiger partial charge in [-0.15, -0.1) is 0 Å². The van der Waals surface area contributed by atoms with Crippen molar-refractivity contribution in [2.45, 2.75) is 13.5 Å². The average molecular weight is 293 g/mol. The highest BCUT2D eigenvalue weighted by atomic mass is 79.9. The molecule has 0 spiro atoms. The molecule has 0 aliphatic heterocycles. The zero-order chi connectivity index (χ0) is 12.3. The van der Waals surface area contributed by atoms with E-state index in [2.05, 4.69) is 43.3 Å². The van der Waals surface area contributed by atoms with Gasteiger partial charge in [-0.3, -0.25) is 0 Å². The minimum atomic E-state index is 0.293. The number of nitrogens with one attached hydrogen (secondary N) is 1. The van der Waals surface area contributed by atoms with Crippen molar-refractivity contribution in [1.82, 2.24) is 9.97 Å². The third-order valence-electron chi connectivity index (χ3n) is 2.23. The number of halogens is 1. The highest BCUT2D eigenvalue weighted by molar-refractivity contribution is 9.10. The number of anilines is 2. The second kappa shape index (κ2) is 5.14. The van der Waals surface area contributed by atoms with Gasteiger partial charge in [0.05, 0.1) is 0 Å². The predicted octanol–water partition coefficient (Wildman–Crippen LogP) is 2.74. The van der Waals surface area contributed by atoms with E-state index in [1.807, 2.05) is 25.1 Å². The summed E-state index contributed by atoms with van der Waals surface area (Å²) in [6, 6.07) is 9.98. The maximum atomic E-state index is 5.58. The monoisotopic (exact) mass is 292 g/mol. The second-order valence-corrected chi connectivity index (χ2v) is 4.65. The molecule has 4 nitrogen and oxygen atoms in total. The molecule has 88 valence electrons. The van der Waals surface area contributed by atoms with E-state index in [0.717, 1.165) is 16.0 Å². The van der Waals surface area contributed by atoms with Crippen molar-refractivity contribution >= 4 is 27.7 Å². The van der Waals surface area contributed by atoms with Gasteiger partial charge in [0.15, 0.2) is 0 Å². The smallest absolute Gasteiger partial charge is 0.222 e. The Hall–Kier alpha value is -1.62. The van der Waals surface area contributed by atoms with Crippen molar-refractivity contribution in [2.75, 3.05) is 11.1 Å². The summed E-state index contributed by atoms with van der Waals surface area (Å²) in [5.41, 5.74) is 7.61. The summed E-state index contributed by atoms with van der Waals surface area (Å²) in [6.45, 7) is 2.59. The maximum absolute atomic E-state index is 5.58. The van der Waals surface area contributed by atoms with Crippen molar-refractivity contribution in [3.8, 4) is 0 Å². The molecule has 5 heteroatoms. The summed E-state index contributed by atoms with van der Waals surface area (Å²) < 4.78 is 1.06. The number of nitrogen functional groups attached to an aromatic ring is 1. The van der Waals surface area contributed by atoms with E-state index in [9.17, 15) is 0 Å². The summed E-state index contributed by atoms with van der Waals surface area (Å²) in [6.07, 6.45) is 0. The average Bonchev–Trinajstić information content (AvgIpc) is 2.25. The Morgan fingerprint density at radius 2 is 2.12 bits per heavy atom. The van der Waals surface area contributed by atoms with Crippen molar-refractivity contribution < 1.29 is 0 Å². The zero-order valence-electron chi connectivity index (χ0n) is 9.44. The number of hydrogen-bond donors (Lipinski definition) is 2. The van der Waals surface area contributed by atoms with E-state index < -0.39 is 0 Å². The van der Waals surface area contributed by atoms with Gasteiger partial charge >= 0.3 is 0 Å². The van der Waals surface area contributed by atoms with Crippen LogP contribution in [-0.4, -0.2) is 9.97 Å². The molecule has 1 heterocycles. The van der Waals surface area contributed by atoms with Gasteiger partial charge in [-0.05, 0) is 24.6 Å². The third kappa shape index (κ3) is 3.42. The van der Waals surface area contributed by atoms with Gasteiger partial charge in [-0.25, -0.2) is 4.98 Å². The molecule has 0 amide bonds. The Balaban J connectivity index is 2.07. The van der Waals surface area contributed by atoms with E-state index in [-0.39, 0.29) is 0 Å². The minimum Gasteiger partial charge on any atom is -0.368 e. The van der Waals surface area contributed by atoms with E-state index in [4.69, 9.17) is 5.73 Å². The number of hydrogen-bond acceptors (Lipinski definition) is 4. The van der Waals surface area contributed by atoms with E-state index in [1.54, 1.807) is 0 Å². The van der Waals surface area contributed by atoms with E-state index in [1.165, 1.54) is 5.56 Å². The first-order chi connectivity index (χ1) is 8.13. The Labute approximate surface area is 108 Å². The van der Waals surface area contributed by atoms with Crippen molar-refractivity contribution in [1.29, 1.82) is 0 Å². The van der Waals surface area contributed by atoms with Crippen LogP contribution in [0.5, 0.6) is 0 Å². The van der Waals surface area contributed by atoms with Crippen LogP contribution in [-0.2, 0) is 6.54 Å². The van der Waals surface area contributed by atoms with Crippen LogP contribution in [0.15, 0.2) is 34.8 Å². The fourth-order valence-corrected chi connectivity index (χ4v) is 1.97. The molecule has 3 N–H and O–H groups in total. The number of aryl methyl sites for hydroxylation is 1. The number of benzene rings is 1. The highest BCUT2D eigenvalue weighted by Gasteiger charge is 1.99. The molecular formula is C12H13BrN4. The fourth-order valence-electron chi connectivity index (χ4n) is 1.52. The van der Waals surface area contributed by atoms with Crippen LogP contribution in [0.1, 0.15) is 11.3 Å². The molecule has 0 saturated heterocycles. The molecule has 0 aliphatic rings. The number of nitrogens with zero attached hydrogens (tertiary/aromatic N) is 2. The van der Waals surface area contributed by atoms with Gasteiger partial charge in [0, 0.05) is 22.8 Å². The lowest BCUT2D eigenvalue weighted by Crippen LogP contribution is -2.05. The van der Waals surface area contributed by atoms with Crippen molar-refractivity contribution in [3.63, 3.8) is 0 Å². The molecule has 1 aromatic heterocycles. The summed E-state index contributed by atoms with van der Waals surface area (Å²) in [5, 5.41) is 3.22. The van der Waals surface area contributed by atoms with E-state index >= 15 is 0 Å². The topological polar surface area (TPSA) is 63.8 Å². The summed E-state index contributed by atoms with van der Waals surface area (Å²) >= 11 is 3.44. The molecule has 0 fully saturated rings. The Kier molecular flexibility index (Phi) is 3.58. The first-order valence-electron chi connectivity index (χ1n) is 5.23. The summed E-state index contributed by atoms with van der Waals surface area (Å²) in [7, 11) is 0. The van der Waals surface area contributed by atoms with Gasteiger partial charge in [0.2, 0.25) is 5.95 Å². The SMILES string of the molecule is Cc1cc(NCc2cccc(Br)c2)nc(N)n1. The molecule has 0 bridgehead atoms. The number of rotatable bonds is 3. The van der Waals surface area contributed by atoms with Gasteiger partial charge in [0.1, 0.15) is 5.82 Å². The van der Waals surface area contributed by atoms with Gasteiger partial charge < -0.3 is 11.1 Å². The molecular weight excluding hydrogens is 280 g/mol. The van der Waals surface area contributed by atoms with Crippen LogP contribution in [0.4, 0.5) is 11.8 Å². The lowest BCUT2D eigenvalue weighted by Gasteiger charge is -2.07. The van der Waals surface area contributed by atoms with Gasteiger partial charge in [0.25, 0.3) is 0 Å². The van der Waals surface area contributed by atoms with Crippen LogP contribution in [0.2, 0.25) is 0 Å². The minimum absolute atomic E-state index is 0.293. The first kappa shape index (κ1) is 11.9. The van der Waals surface area contributed by atoms with Crippen molar-refractivity contribution in [3.05, 3.63) is 46.1 Å². The van der Waals surface area contributed by atoms with Gasteiger partial charge in [-0.1, -0.05) is 28.1 Å². The normalized spacial score (nSPS) is 10.2. The first-order valence-corrected chi connectivity index (χ1v) is 6.02. The van der Waals surface area contributed by atoms with Crippen molar-refractivity contribution in [2.24, 2.45) is 0 Å². The van der Waals surface area contributed by atoms with Crippen LogP contribution >= 0.6 is 15.9 Å². The second-order valence-electron chi connectivity index (χ2n) is 3.74. The molecule has 2 aromatic rings. The summed E-state index contributed by atoms with van der Waals surface area (Å²) in [5.74, 6) is 1.04. The third-order valence-corrected chi connectivity index (χ3v) is 2.73. The van der Waals surface area contributed by atoms with Gasteiger partial charge in [-0.2, -0.15) is 4.98 Å². The Morgan fingerprint density at radius 1 is 1.29 bits per heavy atom. The molecule has 0 aliphatic carbocycles. The standard InChI is InChI=1S/C12H13BrN4/c1-8-5-11(17-12(14)16-8)15-7-9-3-2-4-10(13)6-9/h2-6H,7H2,1H3,(H3,14,15,16,17). The fraction of sp³-hybridized carbons (Fsp3) is 0.167. The largest absolute Gasteiger partial charge is 0.368 e. The predicted molar refractivity (Wildman–Crippen MR) is 72.7 cm³/mol. The molecule has 0 unspecified atom stereocenters. The van der Waals surface area contributed by atoms with Crippen LogP contribution < -0.4 is 11.1 Å². The molecule has 0 atom stereocenters. The van der Waals surface area contributed by atoms with E-state index in [0.29, 0.717) is 12.5 Å². The van der Waals surface area contributed by atoms with Crippen LogP contribution in [0.25, 0.3) is 0 Å². The highest BCUT2D eigenvalue weighted by Crippen LogP contribution is 2.13. The molecule has 0 radical (unpaired) electrons. The Morgan fingerprint density at radius 3 is 2.82 bits per heavy atom. The lowest BCUT2D eigenvalue weighted by molar-refractivity contribution is 1.06. The molecule has 1 aromatic carbocycles. The number of nitrogens with two attached hydrogens (primary N) is 1. The quantitative estimate of drug-likeness (QED) is 0.913. The Bertz CT molecular complexity index is 507. The maximum Gasteiger partial charge on any atom is 0.222 e.